The van der Waals surface area contributed by atoms with Crippen molar-refractivity contribution in [1.82, 2.24) is 0 Å². The predicted molar refractivity (Wildman–Crippen MR) is 52.1 cm³/mol. The molecule has 0 fully saturated rings. The molecule has 0 aliphatic rings. The minimum atomic E-state index is -0.550. The maximum Gasteiger partial charge on any atom is 0.289 e. The number of hydrogen-bond acceptors (Lipinski definition) is 4. The minimum absolute atomic E-state index is 0.0995. The summed E-state index contributed by atoms with van der Waals surface area (Å²) in [6.07, 6.45) is 0. The van der Waals surface area contributed by atoms with Gasteiger partial charge in [-0.3, -0.25) is 10.1 Å². The third kappa shape index (κ3) is 1.64. The van der Waals surface area contributed by atoms with Crippen molar-refractivity contribution in [1.29, 1.82) is 5.26 Å². The Bertz CT molecular complexity index is 407. The third-order valence-electron chi connectivity index (χ3n) is 1.81. The quantitative estimate of drug-likeness (QED) is 0.525. The van der Waals surface area contributed by atoms with E-state index in [9.17, 15) is 10.1 Å². The molecule has 0 heterocycles. The lowest BCUT2D eigenvalue weighted by molar-refractivity contribution is -0.385. The van der Waals surface area contributed by atoms with E-state index in [0.717, 1.165) is 0 Å². The van der Waals surface area contributed by atoms with E-state index in [1.54, 1.807) is 31.1 Å². The largest absolute Gasteiger partial charge is 0.376 e. The Morgan fingerprint density at radius 1 is 1.50 bits per heavy atom. The summed E-state index contributed by atoms with van der Waals surface area (Å²) in [7, 11) is 3.47. The lowest BCUT2D eigenvalue weighted by Crippen LogP contribution is -2.11. The van der Waals surface area contributed by atoms with Crippen LogP contribution in [-0.2, 0) is 0 Å². The van der Waals surface area contributed by atoms with Gasteiger partial charge in [-0.15, -0.1) is 0 Å². The van der Waals surface area contributed by atoms with Crippen molar-refractivity contribution < 1.29 is 4.92 Å². The van der Waals surface area contributed by atoms with Crippen LogP contribution < -0.4 is 4.90 Å². The molecule has 1 rings (SSSR count). The fourth-order valence-corrected chi connectivity index (χ4v) is 1.17. The molecule has 0 spiro atoms. The van der Waals surface area contributed by atoms with Crippen LogP contribution in [0.15, 0.2) is 18.2 Å². The molecule has 1 aromatic carbocycles. The second-order valence-electron chi connectivity index (χ2n) is 2.93. The van der Waals surface area contributed by atoms with Crippen molar-refractivity contribution in [3.05, 3.63) is 33.9 Å². The number of hydrogen-bond donors (Lipinski definition) is 0. The van der Waals surface area contributed by atoms with Crippen molar-refractivity contribution >= 4 is 11.4 Å². The molecular formula is C9H9N3O2. The van der Waals surface area contributed by atoms with Gasteiger partial charge < -0.3 is 4.90 Å². The van der Waals surface area contributed by atoms with Gasteiger partial charge in [-0.2, -0.15) is 5.26 Å². The summed E-state index contributed by atoms with van der Waals surface area (Å²) in [5.74, 6) is 0. The summed E-state index contributed by atoms with van der Waals surface area (Å²) in [6, 6.07) is 6.40. The topological polar surface area (TPSA) is 70.2 Å². The highest BCUT2D eigenvalue weighted by molar-refractivity contribution is 5.67. The normalized spacial score (nSPS) is 9.21. The van der Waals surface area contributed by atoms with Crippen LogP contribution in [0.2, 0.25) is 0 Å². The second kappa shape index (κ2) is 3.75. The van der Waals surface area contributed by atoms with Gasteiger partial charge in [0, 0.05) is 20.2 Å². The highest BCUT2D eigenvalue weighted by atomic mass is 16.6. The Morgan fingerprint density at radius 2 is 2.14 bits per heavy atom. The van der Waals surface area contributed by atoms with Crippen molar-refractivity contribution in [2.75, 3.05) is 19.0 Å². The summed E-state index contributed by atoms with van der Waals surface area (Å²) in [5.41, 5.74) is 0.503. The third-order valence-corrected chi connectivity index (χ3v) is 1.81. The fourth-order valence-electron chi connectivity index (χ4n) is 1.17. The van der Waals surface area contributed by atoms with Gasteiger partial charge in [-0.05, 0) is 6.07 Å². The number of nitrogens with zero attached hydrogens (tertiary/aromatic N) is 3. The summed E-state index contributed by atoms with van der Waals surface area (Å²) < 4.78 is 0. The van der Waals surface area contributed by atoms with Crippen LogP contribution in [-0.4, -0.2) is 19.0 Å². The van der Waals surface area contributed by atoms with Crippen LogP contribution in [0.5, 0.6) is 0 Å². The van der Waals surface area contributed by atoms with E-state index in [1.165, 1.54) is 6.07 Å². The van der Waals surface area contributed by atoms with Crippen molar-refractivity contribution in [3.63, 3.8) is 0 Å². The summed E-state index contributed by atoms with van der Waals surface area (Å²) >= 11 is 0. The molecule has 0 aliphatic heterocycles. The number of nitro benzene ring substituents is 1. The zero-order valence-corrected chi connectivity index (χ0v) is 7.89. The second-order valence-corrected chi connectivity index (χ2v) is 2.93. The molecule has 0 aromatic heterocycles. The van der Waals surface area contributed by atoms with Crippen LogP contribution in [0.3, 0.4) is 0 Å². The van der Waals surface area contributed by atoms with Crippen LogP contribution in [0.1, 0.15) is 5.56 Å². The van der Waals surface area contributed by atoms with E-state index in [4.69, 9.17) is 5.26 Å². The zero-order chi connectivity index (χ0) is 10.7. The molecule has 0 bridgehead atoms. The van der Waals surface area contributed by atoms with E-state index in [0.29, 0.717) is 5.69 Å². The van der Waals surface area contributed by atoms with Gasteiger partial charge in [0.25, 0.3) is 5.69 Å². The number of nitro groups is 1. The Morgan fingerprint density at radius 3 is 2.57 bits per heavy atom. The molecule has 5 nitrogen and oxygen atoms in total. The summed E-state index contributed by atoms with van der Waals surface area (Å²) in [5, 5.41) is 19.4. The fraction of sp³-hybridized carbons (Fsp3) is 0.222. The molecule has 14 heavy (non-hydrogen) atoms. The number of anilines is 1. The first-order valence-corrected chi connectivity index (χ1v) is 3.92. The monoisotopic (exact) mass is 191 g/mol. The Hall–Kier alpha value is -2.09. The average Bonchev–Trinajstić information content (AvgIpc) is 2.16. The highest BCUT2D eigenvalue weighted by Crippen LogP contribution is 2.26. The van der Waals surface area contributed by atoms with Crippen LogP contribution in [0, 0.1) is 21.4 Å². The minimum Gasteiger partial charge on any atom is -0.376 e. The molecule has 72 valence electrons. The molecule has 0 radical (unpaired) electrons. The summed E-state index contributed by atoms with van der Waals surface area (Å²) in [4.78, 5) is 11.7. The van der Waals surface area contributed by atoms with Crippen LogP contribution >= 0.6 is 0 Å². The van der Waals surface area contributed by atoms with Crippen LogP contribution in [0.4, 0.5) is 11.4 Å². The molecule has 0 atom stereocenters. The average molecular weight is 191 g/mol. The Kier molecular flexibility index (Phi) is 2.67. The molecule has 0 amide bonds. The molecule has 0 unspecified atom stereocenters. The molecule has 0 saturated carbocycles. The van der Waals surface area contributed by atoms with Gasteiger partial charge in [-0.25, -0.2) is 0 Å². The van der Waals surface area contributed by atoms with Crippen molar-refractivity contribution in [3.8, 4) is 6.07 Å². The zero-order valence-electron chi connectivity index (χ0n) is 7.89. The molecule has 1 aromatic rings. The Balaban J connectivity index is 3.42. The SMILES string of the molecule is CN(C)c1cccc([N+](=O)[O-])c1C#N. The number of rotatable bonds is 2. The molecular weight excluding hydrogens is 182 g/mol. The Labute approximate surface area is 81.3 Å². The summed E-state index contributed by atoms with van der Waals surface area (Å²) in [6.45, 7) is 0. The first-order chi connectivity index (χ1) is 6.57. The number of benzene rings is 1. The van der Waals surface area contributed by atoms with E-state index < -0.39 is 4.92 Å². The maximum absolute atomic E-state index is 10.6. The van der Waals surface area contributed by atoms with Gasteiger partial charge in [0.2, 0.25) is 0 Å². The van der Waals surface area contributed by atoms with Crippen LogP contribution in [0.25, 0.3) is 0 Å². The lowest BCUT2D eigenvalue weighted by Gasteiger charge is -2.13. The van der Waals surface area contributed by atoms with Gasteiger partial charge >= 0.3 is 0 Å². The number of nitriles is 1. The van der Waals surface area contributed by atoms with E-state index in [1.807, 2.05) is 6.07 Å². The molecule has 5 heteroatoms. The van der Waals surface area contributed by atoms with E-state index in [2.05, 4.69) is 0 Å². The molecule has 0 N–H and O–H groups in total. The van der Waals surface area contributed by atoms with Crippen molar-refractivity contribution in [2.45, 2.75) is 0 Å². The molecule has 0 aliphatic carbocycles. The maximum atomic E-state index is 10.6. The van der Waals surface area contributed by atoms with Gasteiger partial charge in [0.15, 0.2) is 5.56 Å². The highest BCUT2D eigenvalue weighted by Gasteiger charge is 2.17. The smallest absolute Gasteiger partial charge is 0.289 e. The van der Waals surface area contributed by atoms with E-state index >= 15 is 0 Å². The van der Waals surface area contributed by atoms with Gasteiger partial charge in [0.1, 0.15) is 6.07 Å². The first kappa shape index (κ1) is 9.99. The predicted octanol–water partition coefficient (Wildman–Crippen LogP) is 1.53. The van der Waals surface area contributed by atoms with Crippen molar-refractivity contribution in [2.24, 2.45) is 0 Å². The first-order valence-electron chi connectivity index (χ1n) is 3.92. The molecule has 0 saturated heterocycles. The lowest BCUT2D eigenvalue weighted by atomic mass is 10.1. The standard InChI is InChI=1S/C9H9N3O2/c1-11(2)8-4-3-5-9(12(13)14)7(8)6-10/h3-5H,1-2H3. The van der Waals surface area contributed by atoms with E-state index in [-0.39, 0.29) is 11.3 Å². The van der Waals surface area contributed by atoms with Gasteiger partial charge in [-0.1, -0.05) is 6.07 Å². The van der Waals surface area contributed by atoms with Gasteiger partial charge in [0.05, 0.1) is 10.6 Å².